The lowest BCUT2D eigenvalue weighted by Gasteiger charge is -2.21. The minimum Gasteiger partial charge on any atom is -0.355 e. The van der Waals surface area contributed by atoms with Crippen LogP contribution in [0, 0.1) is 0 Å². The van der Waals surface area contributed by atoms with E-state index >= 15 is 0 Å². The first-order chi connectivity index (χ1) is 24.8. The van der Waals surface area contributed by atoms with E-state index in [1.807, 2.05) is 0 Å². The first kappa shape index (κ1) is 28.4. The summed E-state index contributed by atoms with van der Waals surface area (Å²) in [6.45, 7) is 0. The summed E-state index contributed by atoms with van der Waals surface area (Å²) < 4.78 is 2.39. The highest BCUT2D eigenvalue weighted by Crippen LogP contribution is 2.43. The first-order valence-electron chi connectivity index (χ1n) is 17.2. The molecule has 0 saturated heterocycles. The van der Waals surface area contributed by atoms with E-state index < -0.39 is 0 Å². The van der Waals surface area contributed by atoms with Crippen LogP contribution in [0.3, 0.4) is 0 Å². The topological polar surface area (TPSA) is 17.0 Å². The number of para-hydroxylation sites is 2. The quantitative estimate of drug-likeness (QED) is 0.204. The second kappa shape index (κ2) is 11.5. The maximum Gasteiger partial charge on any atom is 0.0541 e. The van der Waals surface area contributed by atoms with Gasteiger partial charge in [-0.2, -0.15) is 0 Å². The molecule has 9 aromatic rings. The minimum atomic E-state index is 1.09. The number of fused-ring (bicyclic) bond motifs is 11. The maximum absolute atomic E-state index is 3.83. The molecule has 8 aromatic carbocycles. The van der Waals surface area contributed by atoms with E-state index in [1.54, 1.807) is 0 Å². The van der Waals surface area contributed by atoms with Crippen molar-refractivity contribution in [2.75, 3.05) is 5.32 Å². The molecule has 1 aliphatic heterocycles. The van der Waals surface area contributed by atoms with E-state index in [0.29, 0.717) is 0 Å². The van der Waals surface area contributed by atoms with Crippen LogP contribution in [0.2, 0.25) is 0 Å². The third-order valence-electron chi connectivity index (χ3n) is 10.2. The molecule has 0 spiro atoms. The van der Waals surface area contributed by atoms with E-state index in [0.717, 1.165) is 17.1 Å². The van der Waals surface area contributed by atoms with Gasteiger partial charge < -0.3 is 9.88 Å². The molecule has 0 saturated carbocycles. The fourth-order valence-electron chi connectivity index (χ4n) is 7.73. The second-order valence-electron chi connectivity index (χ2n) is 13.1. The molecule has 234 valence electrons. The van der Waals surface area contributed by atoms with E-state index in [-0.39, 0.29) is 0 Å². The molecule has 50 heavy (non-hydrogen) atoms. The summed E-state index contributed by atoms with van der Waals surface area (Å²) in [6, 6.07) is 68.3. The predicted molar refractivity (Wildman–Crippen MR) is 211 cm³/mol. The van der Waals surface area contributed by atoms with Crippen molar-refractivity contribution in [1.29, 1.82) is 0 Å². The van der Waals surface area contributed by atoms with Gasteiger partial charge in [0.25, 0.3) is 0 Å². The van der Waals surface area contributed by atoms with Crippen molar-refractivity contribution in [3.63, 3.8) is 0 Å². The maximum atomic E-state index is 3.83. The SMILES string of the molecule is c1ccc(-c2ccc(-n3c4ccccc4c4cc(-c5ccc6c(c5)-c5cccc(c5)-c5ccccc5-c5ccccc5N6)ccc43)cc2)cc1. The van der Waals surface area contributed by atoms with Crippen LogP contribution in [0.4, 0.5) is 11.4 Å². The van der Waals surface area contributed by atoms with Crippen molar-refractivity contribution in [3.8, 4) is 61.3 Å². The molecule has 0 aliphatic carbocycles. The highest BCUT2D eigenvalue weighted by Gasteiger charge is 2.18. The molecule has 2 nitrogen and oxygen atoms in total. The van der Waals surface area contributed by atoms with Gasteiger partial charge in [-0.1, -0.05) is 133 Å². The third-order valence-corrected chi connectivity index (χ3v) is 10.2. The molecule has 2 bridgehead atoms. The zero-order valence-corrected chi connectivity index (χ0v) is 27.3. The average molecular weight is 637 g/mol. The number of hydrogen-bond acceptors (Lipinski definition) is 1. The molecule has 1 N–H and O–H groups in total. The first-order valence-corrected chi connectivity index (χ1v) is 17.2. The van der Waals surface area contributed by atoms with Crippen molar-refractivity contribution >= 4 is 33.2 Å². The molecule has 2 heterocycles. The van der Waals surface area contributed by atoms with E-state index in [1.165, 1.54) is 77.4 Å². The normalized spacial score (nSPS) is 11.8. The van der Waals surface area contributed by atoms with Crippen molar-refractivity contribution in [1.82, 2.24) is 4.57 Å². The van der Waals surface area contributed by atoms with Gasteiger partial charge in [-0.05, 0) is 99.1 Å². The Hall–Kier alpha value is -6.64. The lowest BCUT2D eigenvalue weighted by atomic mass is 9.89. The molecule has 0 fully saturated rings. The summed E-state index contributed by atoms with van der Waals surface area (Å²) in [5.74, 6) is 0. The van der Waals surface area contributed by atoms with Crippen LogP contribution in [-0.2, 0) is 0 Å². The fourth-order valence-corrected chi connectivity index (χ4v) is 7.73. The fraction of sp³-hybridized carbons (Fsp3) is 0. The zero-order valence-electron chi connectivity index (χ0n) is 27.3. The molecule has 1 aliphatic rings. The van der Waals surface area contributed by atoms with Gasteiger partial charge in [-0.15, -0.1) is 0 Å². The molecule has 0 atom stereocenters. The predicted octanol–water partition coefficient (Wildman–Crippen LogP) is 13.2. The largest absolute Gasteiger partial charge is 0.355 e. The van der Waals surface area contributed by atoms with Crippen LogP contribution in [0.15, 0.2) is 188 Å². The zero-order chi connectivity index (χ0) is 33.0. The summed E-state index contributed by atoms with van der Waals surface area (Å²) in [5, 5.41) is 6.32. The van der Waals surface area contributed by atoms with Gasteiger partial charge in [0.1, 0.15) is 0 Å². The number of nitrogens with zero attached hydrogens (tertiary/aromatic N) is 1. The Morgan fingerprint density at radius 1 is 0.300 bits per heavy atom. The molecular weight excluding hydrogens is 605 g/mol. The second-order valence-corrected chi connectivity index (χ2v) is 13.1. The molecule has 0 radical (unpaired) electrons. The number of nitrogens with one attached hydrogen (secondary N) is 1. The van der Waals surface area contributed by atoms with Crippen LogP contribution in [-0.4, -0.2) is 4.57 Å². The Morgan fingerprint density at radius 2 is 0.880 bits per heavy atom. The van der Waals surface area contributed by atoms with Crippen molar-refractivity contribution in [2.24, 2.45) is 0 Å². The Morgan fingerprint density at radius 3 is 1.74 bits per heavy atom. The average Bonchev–Trinajstić information content (AvgIpc) is 3.52. The van der Waals surface area contributed by atoms with Gasteiger partial charge in [-0.25, -0.2) is 0 Å². The molecule has 10 rings (SSSR count). The minimum absolute atomic E-state index is 1.09. The van der Waals surface area contributed by atoms with Crippen molar-refractivity contribution < 1.29 is 0 Å². The summed E-state index contributed by atoms with van der Waals surface area (Å²) in [4.78, 5) is 0. The van der Waals surface area contributed by atoms with Gasteiger partial charge in [0.15, 0.2) is 0 Å². The summed E-state index contributed by atoms with van der Waals surface area (Å²) >= 11 is 0. The number of anilines is 2. The standard InChI is InChI=1S/C48H32N2/c1-2-11-32(12-3-1)33-21-25-38(26-22-33)50-47-20-9-7-18-42(47)44-31-35(24-28-48(44)50)34-23-27-46-43(30-34)37-14-10-13-36(29-37)39-15-4-5-16-40(39)41-17-6-8-19-45(41)49-46/h1-31,49H. The van der Waals surface area contributed by atoms with E-state index in [9.17, 15) is 0 Å². The third kappa shape index (κ3) is 4.65. The molecule has 0 unspecified atom stereocenters. The van der Waals surface area contributed by atoms with Crippen LogP contribution in [0.1, 0.15) is 0 Å². The van der Waals surface area contributed by atoms with Gasteiger partial charge in [0.05, 0.1) is 11.0 Å². The van der Waals surface area contributed by atoms with E-state index in [4.69, 9.17) is 0 Å². The van der Waals surface area contributed by atoms with Gasteiger partial charge >= 0.3 is 0 Å². The lowest BCUT2D eigenvalue weighted by Crippen LogP contribution is -1.99. The van der Waals surface area contributed by atoms with Gasteiger partial charge in [0, 0.05) is 39.0 Å². The molecule has 1 aromatic heterocycles. The summed E-state index contributed by atoms with van der Waals surface area (Å²) in [7, 11) is 0. The van der Waals surface area contributed by atoms with Crippen LogP contribution >= 0.6 is 0 Å². The van der Waals surface area contributed by atoms with E-state index in [2.05, 4.69) is 198 Å². The molecule has 2 heteroatoms. The van der Waals surface area contributed by atoms with Gasteiger partial charge in [-0.3, -0.25) is 0 Å². The number of benzene rings is 8. The summed E-state index contributed by atoms with van der Waals surface area (Å²) in [6.07, 6.45) is 0. The van der Waals surface area contributed by atoms with Gasteiger partial charge in [0.2, 0.25) is 0 Å². The molecule has 0 amide bonds. The monoisotopic (exact) mass is 636 g/mol. The number of hydrogen-bond donors (Lipinski definition) is 1. The van der Waals surface area contributed by atoms with Crippen LogP contribution in [0.25, 0.3) is 83.1 Å². The van der Waals surface area contributed by atoms with Crippen LogP contribution in [0.5, 0.6) is 0 Å². The van der Waals surface area contributed by atoms with Crippen LogP contribution < -0.4 is 5.32 Å². The highest BCUT2D eigenvalue weighted by atomic mass is 15.0. The lowest BCUT2D eigenvalue weighted by molar-refractivity contribution is 1.18. The number of rotatable bonds is 3. The molecular formula is C48H32N2. The Balaban J connectivity index is 1.11. The van der Waals surface area contributed by atoms with Crippen molar-refractivity contribution in [3.05, 3.63) is 188 Å². The smallest absolute Gasteiger partial charge is 0.0541 e. The number of aromatic nitrogens is 1. The van der Waals surface area contributed by atoms with Crippen molar-refractivity contribution in [2.45, 2.75) is 0 Å². The Labute approximate surface area is 291 Å². The highest BCUT2D eigenvalue weighted by molar-refractivity contribution is 6.10. The Bertz CT molecular complexity index is 2720. The summed E-state index contributed by atoms with van der Waals surface area (Å²) in [5.41, 5.74) is 17.8. The Kier molecular flexibility index (Phi) is 6.53.